The molecular weight excluding hydrogens is 393 g/mol. The average Bonchev–Trinajstić information content (AvgIpc) is 2.67. The van der Waals surface area contributed by atoms with Crippen molar-refractivity contribution in [2.24, 2.45) is 0 Å². The Morgan fingerprint density at radius 1 is 0.964 bits per heavy atom. The van der Waals surface area contributed by atoms with Crippen LogP contribution in [0.25, 0.3) is 0 Å². The molecule has 3 rings (SSSR count). The Balaban J connectivity index is 0.00000280. The molecule has 0 amide bonds. The summed E-state index contributed by atoms with van der Waals surface area (Å²) < 4.78 is 11.7. The first-order valence-electron chi connectivity index (χ1n) is 10.0. The predicted octanol–water partition coefficient (Wildman–Crippen LogP) is 6.55. The van der Waals surface area contributed by atoms with E-state index in [0.29, 0.717) is 12.6 Å². The third-order valence-corrected chi connectivity index (χ3v) is 5.52. The van der Waals surface area contributed by atoms with Gasteiger partial charge in [0, 0.05) is 23.2 Å². The minimum atomic E-state index is 0. The van der Waals surface area contributed by atoms with E-state index in [4.69, 9.17) is 21.1 Å². The van der Waals surface area contributed by atoms with E-state index in [1.54, 1.807) is 7.11 Å². The number of methoxy groups -OCH3 is 1. The molecule has 0 atom stereocenters. The van der Waals surface area contributed by atoms with Gasteiger partial charge in [-0.05, 0) is 36.6 Å². The Hall–Kier alpha value is -1.42. The van der Waals surface area contributed by atoms with Gasteiger partial charge in [-0.15, -0.1) is 12.4 Å². The van der Waals surface area contributed by atoms with Crippen LogP contribution in [0.4, 0.5) is 0 Å². The number of benzene rings is 2. The molecule has 1 aliphatic rings. The molecule has 0 unspecified atom stereocenters. The summed E-state index contributed by atoms with van der Waals surface area (Å²) in [5.41, 5.74) is 2.23. The van der Waals surface area contributed by atoms with Gasteiger partial charge in [-0.1, -0.05) is 68.0 Å². The quantitative estimate of drug-likeness (QED) is 0.547. The molecular formula is C23H31Cl2NO2. The van der Waals surface area contributed by atoms with E-state index in [1.165, 1.54) is 44.9 Å². The third kappa shape index (κ3) is 6.88. The number of halogens is 2. The van der Waals surface area contributed by atoms with E-state index in [1.807, 2.05) is 36.4 Å². The van der Waals surface area contributed by atoms with Gasteiger partial charge in [0.15, 0.2) is 11.5 Å². The molecule has 28 heavy (non-hydrogen) atoms. The Morgan fingerprint density at radius 2 is 1.64 bits per heavy atom. The van der Waals surface area contributed by atoms with Gasteiger partial charge >= 0.3 is 0 Å². The summed E-state index contributed by atoms with van der Waals surface area (Å²) in [6.07, 6.45) is 9.33. The molecule has 0 radical (unpaired) electrons. The van der Waals surface area contributed by atoms with Crippen molar-refractivity contribution >= 4 is 24.0 Å². The molecule has 0 saturated heterocycles. The second-order valence-electron chi connectivity index (χ2n) is 7.29. The zero-order valence-electron chi connectivity index (χ0n) is 16.6. The van der Waals surface area contributed by atoms with E-state index in [2.05, 4.69) is 11.4 Å². The van der Waals surface area contributed by atoms with E-state index in [9.17, 15) is 0 Å². The molecule has 0 bridgehead atoms. The largest absolute Gasteiger partial charge is 0.493 e. The van der Waals surface area contributed by atoms with Crippen molar-refractivity contribution < 1.29 is 9.47 Å². The summed E-state index contributed by atoms with van der Waals surface area (Å²) >= 11 is 5.97. The van der Waals surface area contributed by atoms with Gasteiger partial charge in [-0.25, -0.2) is 0 Å². The molecule has 0 aliphatic heterocycles. The number of rotatable bonds is 7. The van der Waals surface area contributed by atoms with E-state index in [0.717, 1.165) is 34.2 Å². The van der Waals surface area contributed by atoms with E-state index < -0.39 is 0 Å². The van der Waals surface area contributed by atoms with Crippen molar-refractivity contribution in [3.05, 3.63) is 58.6 Å². The Morgan fingerprint density at radius 3 is 2.32 bits per heavy atom. The van der Waals surface area contributed by atoms with Gasteiger partial charge in [-0.3, -0.25) is 0 Å². The lowest BCUT2D eigenvalue weighted by Gasteiger charge is -2.22. The van der Waals surface area contributed by atoms with Crippen molar-refractivity contribution in [2.45, 2.75) is 64.1 Å². The third-order valence-electron chi connectivity index (χ3n) is 5.26. The zero-order chi connectivity index (χ0) is 18.9. The topological polar surface area (TPSA) is 30.5 Å². The SMILES string of the molecule is COc1cccc(CNC2CCCCCCC2)c1OCc1ccc(Cl)cc1.Cl. The minimum absolute atomic E-state index is 0. The molecule has 1 saturated carbocycles. The van der Waals surface area contributed by atoms with Gasteiger partial charge < -0.3 is 14.8 Å². The molecule has 5 heteroatoms. The summed E-state index contributed by atoms with van der Waals surface area (Å²) in [6.45, 7) is 1.30. The maximum absolute atomic E-state index is 6.16. The van der Waals surface area contributed by atoms with Crippen LogP contribution in [0, 0.1) is 0 Å². The molecule has 154 valence electrons. The lowest BCUT2D eigenvalue weighted by atomic mass is 9.96. The van der Waals surface area contributed by atoms with Crippen molar-refractivity contribution in [3.8, 4) is 11.5 Å². The second-order valence-corrected chi connectivity index (χ2v) is 7.72. The normalized spacial score (nSPS) is 15.2. The number of ether oxygens (including phenoxy) is 2. The summed E-state index contributed by atoms with van der Waals surface area (Å²) in [7, 11) is 1.69. The van der Waals surface area contributed by atoms with Gasteiger partial charge in [0.1, 0.15) is 6.61 Å². The highest BCUT2D eigenvalue weighted by atomic mass is 35.5. The number of para-hydroxylation sites is 1. The maximum atomic E-state index is 6.16. The maximum Gasteiger partial charge on any atom is 0.166 e. The van der Waals surface area contributed by atoms with Gasteiger partial charge in [-0.2, -0.15) is 0 Å². The zero-order valence-corrected chi connectivity index (χ0v) is 18.2. The average molecular weight is 424 g/mol. The standard InChI is InChI=1S/C23H30ClNO2.ClH/c1-26-22-11-7-8-19(16-25-21-9-5-3-2-4-6-10-21)23(22)27-17-18-12-14-20(24)15-13-18;/h7-8,11-15,21,25H,2-6,9-10,16-17H2,1H3;1H. The lowest BCUT2D eigenvalue weighted by Crippen LogP contribution is -2.29. The Kier molecular flexibility index (Phi) is 9.97. The molecule has 1 fully saturated rings. The van der Waals surface area contributed by atoms with Crippen LogP contribution in [0.15, 0.2) is 42.5 Å². The number of hydrogen-bond acceptors (Lipinski definition) is 3. The molecule has 0 heterocycles. The van der Waals surface area contributed by atoms with Gasteiger partial charge in [0.25, 0.3) is 0 Å². The molecule has 2 aromatic carbocycles. The number of nitrogens with one attached hydrogen (secondary N) is 1. The van der Waals surface area contributed by atoms with E-state index in [-0.39, 0.29) is 12.4 Å². The van der Waals surface area contributed by atoms with Crippen LogP contribution >= 0.6 is 24.0 Å². The fourth-order valence-electron chi connectivity index (χ4n) is 3.68. The summed E-state index contributed by atoms with van der Waals surface area (Å²) in [4.78, 5) is 0. The summed E-state index contributed by atoms with van der Waals surface area (Å²) in [5.74, 6) is 1.61. The summed E-state index contributed by atoms with van der Waals surface area (Å²) in [6, 6.07) is 14.5. The molecule has 1 N–H and O–H groups in total. The Labute approximate surface area is 180 Å². The van der Waals surface area contributed by atoms with Crippen LogP contribution in [0.2, 0.25) is 5.02 Å². The highest BCUT2D eigenvalue weighted by Crippen LogP contribution is 2.32. The smallest absolute Gasteiger partial charge is 0.166 e. The van der Waals surface area contributed by atoms with Crippen molar-refractivity contribution in [2.75, 3.05) is 7.11 Å². The fourth-order valence-corrected chi connectivity index (χ4v) is 3.80. The first kappa shape index (κ1) is 22.9. The highest BCUT2D eigenvalue weighted by Gasteiger charge is 2.14. The summed E-state index contributed by atoms with van der Waals surface area (Å²) in [5, 5.41) is 4.49. The fraction of sp³-hybridized carbons (Fsp3) is 0.478. The molecule has 1 aliphatic carbocycles. The monoisotopic (exact) mass is 423 g/mol. The van der Waals surface area contributed by atoms with Crippen LogP contribution in [-0.2, 0) is 13.2 Å². The first-order valence-corrected chi connectivity index (χ1v) is 10.4. The van der Waals surface area contributed by atoms with Crippen LogP contribution in [0.1, 0.15) is 56.1 Å². The number of hydrogen-bond donors (Lipinski definition) is 1. The van der Waals surface area contributed by atoms with Crippen LogP contribution in [0.3, 0.4) is 0 Å². The lowest BCUT2D eigenvalue weighted by molar-refractivity contribution is 0.279. The predicted molar refractivity (Wildman–Crippen MR) is 119 cm³/mol. The van der Waals surface area contributed by atoms with Crippen LogP contribution in [0.5, 0.6) is 11.5 Å². The van der Waals surface area contributed by atoms with Gasteiger partial charge in [0.05, 0.1) is 7.11 Å². The van der Waals surface area contributed by atoms with Crippen molar-refractivity contribution in [1.29, 1.82) is 0 Å². The highest BCUT2D eigenvalue weighted by molar-refractivity contribution is 6.30. The molecule has 0 spiro atoms. The molecule has 0 aromatic heterocycles. The van der Waals surface area contributed by atoms with Crippen molar-refractivity contribution in [3.63, 3.8) is 0 Å². The first-order chi connectivity index (χ1) is 13.3. The minimum Gasteiger partial charge on any atom is -0.493 e. The van der Waals surface area contributed by atoms with Crippen LogP contribution < -0.4 is 14.8 Å². The second kappa shape index (κ2) is 12.2. The molecule has 2 aromatic rings. The Bertz CT molecular complexity index is 698. The molecule has 3 nitrogen and oxygen atoms in total. The van der Waals surface area contributed by atoms with Crippen molar-refractivity contribution in [1.82, 2.24) is 5.32 Å². The van der Waals surface area contributed by atoms with Crippen LogP contribution in [-0.4, -0.2) is 13.2 Å². The van der Waals surface area contributed by atoms with E-state index >= 15 is 0 Å². The van der Waals surface area contributed by atoms with Gasteiger partial charge in [0.2, 0.25) is 0 Å².